The van der Waals surface area contributed by atoms with Crippen LogP contribution in [0.25, 0.3) is 0 Å². The summed E-state index contributed by atoms with van der Waals surface area (Å²) in [6.45, 7) is 0.862. The first-order valence-corrected chi connectivity index (χ1v) is 9.21. The fourth-order valence-electron chi connectivity index (χ4n) is 3.58. The molecule has 146 valence electrons. The first-order chi connectivity index (χ1) is 13.6. The van der Waals surface area contributed by atoms with Crippen LogP contribution in [-0.2, 0) is 0 Å². The van der Waals surface area contributed by atoms with Gasteiger partial charge >= 0.3 is 0 Å². The van der Waals surface area contributed by atoms with E-state index >= 15 is 0 Å². The van der Waals surface area contributed by atoms with Gasteiger partial charge in [0.15, 0.2) is 17.3 Å². The number of nitrogens with zero attached hydrogens (tertiary/aromatic N) is 1. The number of hydrogen-bond acceptors (Lipinski definition) is 5. The van der Waals surface area contributed by atoms with Gasteiger partial charge in [-0.15, -0.1) is 0 Å². The number of nitrogens with one attached hydrogen (secondary N) is 2. The summed E-state index contributed by atoms with van der Waals surface area (Å²) >= 11 is 0. The van der Waals surface area contributed by atoms with Crippen molar-refractivity contribution in [3.8, 4) is 11.5 Å². The molecule has 1 aliphatic heterocycles. The molecule has 1 aromatic heterocycles. The van der Waals surface area contributed by atoms with Gasteiger partial charge in [0.05, 0.1) is 17.3 Å². The van der Waals surface area contributed by atoms with Gasteiger partial charge < -0.3 is 20.1 Å². The van der Waals surface area contributed by atoms with Crippen LogP contribution in [0.3, 0.4) is 0 Å². The number of para-hydroxylation sites is 1. The summed E-state index contributed by atoms with van der Waals surface area (Å²) in [5, 5.41) is 5.82. The zero-order chi connectivity index (χ0) is 19.5. The Balaban J connectivity index is 1.36. The number of carbonyl (C=O) groups excluding carboxylic acids is 2. The van der Waals surface area contributed by atoms with Crippen LogP contribution in [0.4, 0.5) is 4.39 Å². The summed E-state index contributed by atoms with van der Waals surface area (Å²) in [5.74, 6) is -0.338. The minimum absolute atomic E-state index is 0.0319. The Kier molecular flexibility index (Phi) is 5.10. The molecule has 0 bridgehead atoms. The van der Waals surface area contributed by atoms with E-state index in [-0.39, 0.29) is 23.6 Å². The van der Waals surface area contributed by atoms with Crippen LogP contribution >= 0.6 is 0 Å². The lowest BCUT2D eigenvalue weighted by Crippen LogP contribution is -2.37. The van der Waals surface area contributed by atoms with E-state index in [2.05, 4.69) is 15.6 Å². The maximum Gasteiger partial charge on any atom is 0.255 e. The standard InChI is InChI=1S/C20H20FN3O4/c21-16-11-22-7-6-14(16)19(25)23-12-4-5-13(10-12)24-20(26)15-2-1-3-17-18(15)28-9-8-27-17/h1-3,6-7,11-13H,4-5,8-10H2,(H,23,25)(H,24,26)/t12-,13+/m1/s1. The maximum absolute atomic E-state index is 13.7. The highest BCUT2D eigenvalue weighted by Crippen LogP contribution is 2.33. The maximum atomic E-state index is 13.7. The molecule has 2 heterocycles. The number of aromatic nitrogens is 1. The number of pyridine rings is 1. The van der Waals surface area contributed by atoms with Crippen molar-refractivity contribution in [2.45, 2.75) is 31.3 Å². The van der Waals surface area contributed by atoms with Crippen molar-refractivity contribution in [3.63, 3.8) is 0 Å². The molecule has 0 spiro atoms. The molecule has 8 heteroatoms. The van der Waals surface area contributed by atoms with E-state index in [4.69, 9.17) is 9.47 Å². The van der Waals surface area contributed by atoms with Gasteiger partial charge in [0.1, 0.15) is 13.2 Å². The molecule has 2 amide bonds. The molecule has 1 saturated carbocycles. The molecule has 0 radical (unpaired) electrons. The largest absolute Gasteiger partial charge is 0.486 e. The van der Waals surface area contributed by atoms with Crippen molar-refractivity contribution in [3.05, 3.63) is 53.6 Å². The Morgan fingerprint density at radius 3 is 2.46 bits per heavy atom. The highest BCUT2D eigenvalue weighted by molar-refractivity contribution is 5.98. The number of benzene rings is 1. The second-order valence-electron chi connectivity index (χ2n) is 6.84. The van der Waals surface area contributed by atoms with Gasteiger partial charge in [-0.25, -0.2) is 4.39 Å². The molecule has 1 fully saturated rings. The topological polar surface area (TPSA) is 89.6 Å². The van der Waals surface area contributed by atoms with Gasteiger partial charge in [0.2, 0.25) is 0 Å². The molecule has 1 aliphatic carbocycles. The van der Waals surface area contributed by atoms with Crippen molar-refractivity contribution in [1.82, 2.24) is 15.6 Å². The molecule has 2 atom stereocenters. The fraction of sp³-hybridized carbons (Fsp3) is 0.350. The van der Waals surface area contributed by atoms with Crippen LogP contribution < -0.4 is 20.1 Å². The minimum Gasteiger partial charge on any atom is -0.486 e. The molecule has 0 saturated heterocycles. The lowest BCUT2D eigenvalue weighted by atomic mass is 10.1. The van der Waals surface area contributed by atoms with E-state index in [1.54, 1.807) is 18.2 Å². The van der Waals surface area contributed by atoms with E-state index in [1.165, 1.54) is 12.3 Å². The van der Waals surface area contributed by atoms with Crippen molar-refractivity contribution in [2.75, 3.05) is 13.2 Å². The minimum atomic E-state index is -0.654. The van der Waals surface area contributed by atoms with Crippen LogP contribution in [0.15, 0.2) is 36.7 Å². The first-order valence-electron chi connectivity index (χ1n) is 9.21. The van der Waals surface area contributed by atoms with Crippen molar-refractivity contribution in [2.24, 2.45) is 0 Å². The highest BCUT2D eigenvalue weighted by atomic mass is 19.1. The third-order valence-corrected chi connectivity index (χ3v) is 4.93. The molecule has 0 unspecified atom stereocenters. The number of amides is 2. The van der Waals surface area contributed by atoms with Gasteiger partial charge in [-0.05, 0) is 37.5 Å². The molecule has 4 rings (SSSR count). The fourth-order valence-corrected chi connectivity index (χ4v) is 3.58. The third kappa shape index (κ3) is 3.76. The van der Waals surface area contributed by atoms with Gasteiger partial charge in [0.25, 0.3) is 11.8 Å². The van der Waals surface area contributed by atoms with Gasteiger partial charge in [0, 0.05) is 18.3 Å². The summed E-state index contributed by atoms with van der Waals surface area (Å²) in [6.07, 6.45) is 4.40. The van der Waals surface area contributed by atoms with E-state index in [9.17, 15) is 14.0 Å². The first kappa shape index (κ1) is 18.2. The lowest BCUT2D eigenvalue weighted by molar-refractivity contribution is 0.0926. The monoisotopic (exact) mass is 385 g/mol. The zero-order valence-corrected chi connectivity index (χ0v) is 15.1. The lowest BCUT2D eigenvalue weighted by Gasteiger charge is -2.21. The summed E-state index contributed by atoms with van der Waals surface area (Å²) in [6, 6.07) is 6.35. The number of ether oxygens (including phenoxy) is 2. The Labute approximate surface area is 161 Å². The average molecular weight is 385 g/mol. The summed E-state index contributed by atoms with van der Waals surface area (Å²) in [7, 11) is 0. The van der Waals surface area contributed by atoms with Crippen LogP contribution in [0.2, 0.25) is 0 Å². The molecule has 2 N–H and O–H groups in total. The Morgan fingerprint density at radius 1 is 1.00 bits per heavy atom. The predicted molar refractivity (Wildman–Crippen MR) is 98.0 cm³/mol. The third-order valence-electron chi connectivity index (χ3n) is 4.93. The van der Waals surface area contributed by atoms with Crippen LogP contribution in [0.5, 0.6) is 11.5 Å². The highest BCUT2D eigenvalue weighted by Gasteiger charge is 2.29. The molecule has 7 nitrogen and oxygen atoms in total. The number of fused-ring (bicyclic) bond motifs is 1. The summed E-state index contributed by atoms with van der Waals surface area (Å²) < 4.78 is 24.8. The quantitative estimate of drug-likeness (QED) is 0.841. The van der Waals surface area contributed by atoms with Crippen LogP contribution in [-0.4, -0.2) is 42.1 Å². The SMILES string of the molecule is O=C(N[C@@H]1CC[C@H](NC(=O)c2cccc3c2OCCO3)C1)c1ccncc1F. The number of rotatable bonds is 4. The normalized spacial score (nSPS) is 20.5. The Bertz CT molecular complexity index is 905. The van der Waals surface area contributed by atoms with Gasteiger partial charge in [-0.3, -0.25) is 14.6 Å². The number of halogens is 1. The predicted octanol–water partition coefficient (Wildman–Crippen LogP) is 2.07. The smallest absolute Gasteiger partial charge is 0.255 e. The van der Waals surface area contributed by atoms with Crippen LogP contribution in [0.1, 0.15) is 40.0 Å². The second kappa shape index (κ2) is 7.84. The van der Waals surface area contributed by atoms with E-state index in [0.29, 0.717) is 43.1 Å². The van der Waals surface area contributed by atoms with E-state index < -0.39 is 11.7 Å². The van der Waals surface area contributed by atoms with E-state index in [0.717, 1.165) is 12.6 Å². The molecular formula is C20H20FN3O4. The average Bonchev–Trinajstić information content (AvgIpc) is 3.14. The summed E-state index contributed by atoms with van der Waals surface area (Å²) in [5.41, 5.74) is 0.402. The van der Waals surface area contributed by atoms with Gasteiger partial charge in [-0.1, -0.05) is 6.07 Å². The van der Waals surface area contributed by atoms with Crippen LogP contribution in [0, 0.1) is 5.82 Å². The molecule has 28 heavy (non-hydrogen) atoms. The second-order valence-corrected chi connectivity index (χ2v) is 6.84. The Morgan fingerprint density at radius 2 is 1.71 bits per heavy atom. The van der Waals surface area contributed by atoms with E-state index in [1.807, 2.05) is 0 Å². The molecule has 1 aromatic carbocycles. The van der Waals surface area contributed by atoms with Crippen molar-refractivity contribution in [1.29, 1.82) is 0 Å². The molecule has 2 aromatic rings. The molecule has 2 aliphatic rings. The number of hydrogen-bond donors (Lipinski definition) is 2. The summed E-state index contributed by atoms with van der Waals surface area (Å²) in [4.78, 5) is 28.6. The Hall–Kier alpha value is -3.16. The molecular weight excluding hydrogens is 365 g/mol. The van der Waals surface area contributed by atoms with Crippen molar-refractivity contribution < 1.29 is 23.5 Å². The number of carbonyl (C=O) groups is 2. The van der Waals surface area contributed by atoms with Gasteiger partial charge in [-0.2, -0.15) is 0 Å². The van der Waals surface area contributed by atoms with Crippen molar-refractivity contribution >= 4 is 11.8 Å². The zero-order valence-electron chi connectivity index (χ0n) is 15.1.